The molecule has 0 saturated carbocycles. The number of amides is 1. The molecule has 1 aliphatic rings. The Morgan fingerprint density at radius 3 is 2.41 bits per heavy atom. The highest BCUT2D eigenvalue weighted by atomic mass is 35.5. The molecular weight excluding hydrogens is 452 g/mol. The van der Waals surface area contributed by atoms with Crippen LogP contribution < -0.4 is 4.90 Å². The van der Waals surface area contributed by atoms with E-state index in [9.17, 15) is 19.5 Å². The number of methoxy groups -OCH3 is 1. The maximum Gasteiger partial charge on any atom is 0.350 e. The Kier molecular flexibility index (Phi) is 5.82. The molecule has 0 radical (unpaired) electrons. The van der Waals surface area contributed by atoms with Gasteiger partial charge in [0.2, 0.25) is 0 Å². The molecule has 9 heteroatoms. The van der Waals surface area contributed by atoms with E-state index in [-0.39, 0.29) is 21.3 Å². The monoisotopic (exact) mass is 468 g/mol. The lowest BCUT2D eigenvalue weighted by molar-refractivity contribution is -0.132. The zero-order valence-corrected chi connectivity index (χ0v) is 18.6. The molecule has 7 nitrogen and oxygen atoms in total. The van der Waals surface area contributed by atoms with E-state index >= 15 is 0 Å². The van der Waals surface area contributed by atoms with Crippen LogP contribution in [0.3, 0.4) is 0 Å². The minimum atomic E-state index is -0.955. The van der Waals surface area contributed by atoms with Gasteiger partial charge in [0.1, 0.15) is 10.6 Å². The van der Waals surface area contributed by atoms with Crippen molar-refractivity contribution in [1.29, 1.82) is 0 Å². The molecule has 0 aliphatic carbocycles. The summed E-state index contributed by atoms with van der Waals surface area (Å²) >= 11 is 6.97. The third-order valence-corrected chi connectivity index (χ3v) is 6.43. The van der Waals surface area contributed by atoms with Gasteiger partial charge in [-0.3, -0.25) is 14.5 Å². The highest BCUT2D eigenvalue weighted by molar-refractivity contribution is 7.17. The second kappa shape index (κ2) is 8.57. The lowest BCUT2D eigenvalue weighted by atomic mass is 9.95. The molecule has 2 aromatic carbocycles. The number of ether oxygens (including phenoxy) is 1. The summed E-state index contributed by atoms with van der Waals surface area (Å²) in [6, 6.07) is 14.2. The standard InChI is InChI=1S/C23H17ClN2O5S/c1-12-20(22(30)31-2)32-23(25-12)26-17(13-8-10-15(24)11-9-13)16(19(28)21(26)29)18(27)14-6-4-3-5-7-14/h3-11,17,27H,1-2H3/t17-/m1/s1. The molecular formula is C23H17ClN2O5S. The van der Waals surface area contributed by atoms with E-state index < -0.39 is 23.7 Å². The smallest absolute Gasteiger partial charge is 0.350 e. The zero-order chi connectivity index (χ0) is 23.0. The molecule has 1 atom stereocenters. The highest BCUT2D eigenvalue weighted by Crippen LogP contribution is 2.44. The van der Waals surface area contributed by atoms with Gasteiger partial charge in [-0.1, -0.05) is 65.4 Å². The maximum atomic E-state index is 13.1. The number of benzene rings is 2. The number of hydrogen-bond donors (Lipinski definition) is 1. The molecule has 1 saturated heterocycles. The van der Waals surface area contributed by atoms with Gasteiger partial charge in [0.25, 0.3) is 5.78 Å². The van der Waals surface area contributed by atoms with Crippen molar-refractivity contribution in [2.24, 2.45) is 0 Å². The van der Waals surface area contributed by atoms with Crippen molar-refractivity contribution in [2.45, 2.75) is 13.0 Å². The number of halogens is 1. The second-order valence-electron chi connectivity index (χ2n) is 6.99. The van der Waals surface area contributed by atoms with Gasteiger partial charge in [0.05, 0.1) is 24.4 Å². The number of aliphatic hydroxyl groups excluding tert-OH is 1. The van der Waals surface area contributed by atoms with Crippen LogP contribution in [0, 0.1) is 6.92 Å². The number of thiazole rings is 1. The van der Waals surface area contributed by atoms with Crippen molar-refractivity contribution < 1.29 is 24.2 Å². The third-order valence-electron chi connectivity index (χ3n) is 5.04. The summed E-state index contributed by atoms with van der Waals surface area (Å²) in [5.41, 5.74) is 1.25. The van der Waals surface area contributed by atoms with Crippen molar-refractivity contribution in [3.05, 3.63) is 86.9 Å². The fraction of sp³-hybridized carbons (Fsp3) is 0.130. The summed E-state index contributed by atoms with van der Waals surface area (Å²) in [6.07, 6.45) is 0. The lowest BCUT2D eigenvalue weighted by Gasteiger charge is -2.23. The van der Waals surface area contributed by atoms with E-state index in [0.29, 0.717) is 21.8 Å². The number of carbonyl (C=O) groups excluding carboxylic acids is 3. The summed E-state index contributed by atoms with van der Waals surface area (Å²) in [6.45, 7) is 1.62. The number of anilines is 1. The molecule has 0 bridgehead atoms. The van der Waals surface area contributed by atoms with Crippen LogP contribution in [-0.2, 0) is 14.3 Å². The molecule has 2 heterocycles. The van der Waals surface area contributed by atoms with Crippen LogP contribution in [0.5, 0.6) is 0 Å². The van der Waals surface area contributed by atoms with Gasteiger partial charge < -0.3 is 9.84 Å². The predicted molar refractivity (Wildman–Crippen MR) is 121 cm³/mol. The maximum absolute atomic E-state index is 13.1. The van der Waals surface area contributed by atoms with Crippen LogP contribution in [0.25, 0.3) is 5.76 Å². The van der Waals surface area contributed by atoms with Gasteiger partial charge in [-0.2, -0.15) is 0 Å². The van der Waals surface area contributed by atoms with Crippen LogP contribution in [0.2, 0.25) is 5.02 Å². The van der Waals surface area contributed by atoms with Crippen LogP contribution in [0.4, 0.5) is 5.13 Å². The van der Waals surface area contributed by atoms with E-state index in [2.05, 4.69) is 4.98 Å². The number of esters is 1. The second-order valence-corrected chi connectivity index (χ2v) is 8.40. The van der Waals surface area contributed by atoms with Gasteiger partial charge in [-0.15, -0.1) is 0 Å². The first kappa shape index (κ1) is 21.7. The Bertz CT molecular complexity index is 1250. The SMILES string of the molecule is COC(=O)c1sc(N2C(=O)C(=O)C(=C(O)c3ccccc3)[C@H]2c2ccc(Cl)cc2)nc1C. The number of rotatable bonds is 4. The van der Waals surface area contributed by atoms with E-state index in [1.807, 2.05) is 0 Å². The minimum absolute atomic E-state index is 0.0732. The van der Waals surface area contributed by atoms with E-state index in [4.69, 9.17) is 16.3 Å². The molecule has 0 spiro atoms. The van der Waals surface area contributed by atoms with Crippen LogP contribution in [0.1, 0.15) is 32.5 Å². The van der Waals surface area contributed by atoms with Gasteiger partial charge in [0.15, 0.2) is 5.13 Å². The van der Waals surface area contributed by atoms with Crippen molar-refractivity contribution in [3.8, 4) is 0 Å². The number of hydrogen-bond acceptors (Lipinski definition) is 7. The molecule has 1 N–H and O–H groups in total. The lowest BCUT2D eigenvalue weighted by Crippen LogP contribution is -2.29. The Labute approximate surface area is 192 Å². The molecule has 1 aromatic heterocycles. The Hall–Kier alpha value is -3.49. The zero-order valence-electron chi connectivity index (χ0n) is 17.0. The van der Waals surface area contributed by atoms with E-state index in [1.165, 1.54) is 12.0 Å². The number of Topliss-reactive ketones (excluding diaryl/α,β-unsaturated/α-hetero) is 1. The average molecular weight is 469 g/mol. The summed E-state index contributed by atoms with van der Waals surface area (Å²) in [4.78, 5) is 44.0. The van der Waals surface area contributed by atoms with Crippen molar-refractivity contribution in [1.82, 2.24) is 4.98 Å². The first-order chi connectivity index (χ1) is 15.3. The topological polar surface area (TPSA) is 96.8 Å². The Balaban J connectivity index is 1.93. The van der Waals surface area contributed by atoms with E-state index in [0.717, 1.165) is 11.3 Å². The number of aryl methyl sites for hydroxylation is 1. The van der Waals surface area contributed by atoms with Crippen molar-refractivity contribution >= 4 is 51.5 Å². The van der Waals surface area contributed by atoms with Crippen LogP contribution in [0.15, 0.2) is 60.2 Å². The van der Waals surface area contributed by atoms with Crippen LogP contribution in [-0.4, -0.2) is 34.9 Å². The normalized spacial score (nSPS) is 17.6. The van der Waals surface area contributed by atoms with Crippen molar-refractivity contribution in [3.63, 3.8) is 0 Å². The number of aromatic nitrogens is 1. The number of aliphatic hydroxyl groups is 1. The summed E-state index contributed by atoms with van der Waals surface area (Å²) in [5.74, 6) is -2.59. The van der Waals surface area contributed by atoms with Crippen LogP contribution >= 0.6 is 22.9 Å². The predicted octanol–water partition coefficient (Wildman–Crippen LogP) is 4.52. The third kappa shape index (κ3) is 3.68. The minimum Gasteiger partial charge on any atom is -0.507 e. The quantitative estimate of drug-likeness (QED) is 0.262. The first-order valence-electron chi connectivity index (χ1n) is 9.51. The molecule has 1 fully saturated rings. The number of ketones is 1. The molecule has 1 amide bonds. The average Bonchev–Trinajstić information content (AvgIpc) is 3.31. The fourth-order valence-corrected chi connectivity index (χ4v) is 4.65. The largest absolute Gasteiger partial charge is 0.507 e. The van der Waals surface area contributed by atoms with Gasteiger partial charge in [-0.05, 0) is 24.6 Å². The molecule has 4 rings (SSSR count). The summed E-state index contributed by atoms with van der Waals surface area (Å²) in [5, 5.41) is 11.6. The van der Waals surface area contributed by atoms with Gasteiger partial charge in [0, 0.05) is 10.6 Å². The molecule has 162 valence electrons. The fourth-order valence-electron chi connectivity index (χ4n) is 3.51. The number of nitrogens with zero attached hydrogens (tertiary/aromatic N) is 2. The van der Waals surface area contributed by atoms with Gasteiger partial charge >= 0.3 is 11.9 Å². The molecule has 3 aromatic rings. The highest BCUT2D eigenvalue weighted by Gasteiger charge is 2.48. The molecule has 32 heavy (non-hydrogen) atoms. The number of carbonyl (C=O) groups is 3. The Morgan fingerprint density at radius 2 is 1.78 bits per heavy atom. The summed E-state index contributed by atoms with van der Waals surface area (Å²) in [7, 11) is 1.25. The van der Waals surface area contributed by atoms with E-state index in [1.54, 1.807) is 61.5 Å². The van der Waals surface area contributed by atoms with Crippen molar-refractivity contribution in [2.75, 3.05) is 12.0 Å². The summed E-state index contributed by atoms with van der Waals surface area (Å²) < 4.78 is 4.78. The molecule has 0 unspecified atom stereocenters. The first-order valence-corrected chi connectivity index (χ1v) is 10.7. The Morgan fingerprint density at radius 1 is 1.12 bits per heavy atom. The molecule has 1 aliphatic heterocycles. The van der Waals surface area contributed by atoms with Gasteiger partial charge in [-0.25, -0.2) is 9.78 Å².